The highest BCUT2D eigenvalue weighted by atomic mass is 16.7. The number of hydrogen-bond acceptors (Lipinski definition) is 4. The Labute approximate surface area is 128 Å². The lowest BCUT2D eigenvalue weighted by atomic mass is 9.88. The number of likely N-dealkylation sites (N-methyl/N-ethyl adjacent to an activating group) is 1. The molecular formula is C16H30N2O3. The molecule has 0 aromatic heterocycles. The summed E-state index contributed by atoms with van der Waals surface area (Å²) in [6.07, 6.45) is 3.89. The Bertz CT molecular complexity index is 362. The second-order valence-electron chi connectivity index (χ2n) is 7.42. The van der Waals surface area contributed by atoms with Crippen molar-refractivity contribution in [3.05, 3.63) is 0 Å². The molecule has 1 aliphatic heterocycles. The standard InChI is InChI=1S/C16H30N2O3/c1-12(14(19)17-15(2,3)4)18(5)13-6-8-16(9-7-13)20-10-11-21-16/h12-13H,6-11H2,1-5H3,(H,17,19). The van der Waals surface area contributed by atoms with E-state index in [4.69, 9.17) is 9.47 Å². The topological polar surface area (TPSA) is 50.8 Å². The normalized spacial score (nSPS) is 24.5. The van der Waals surface area contributed by atoms with E-state index in [1.807, 2.05) is 34.7 Å². The lowest BCUT2D eigenvalue weighted by Gasteiger charge is -2.41. The van der Waals surface area contributed by atoms with E-state index in [1.165, 1.54) is 0 Å². The first kappa shape index (κ1) is 16.7. The zero-order chi connectivity index (χ0) is 15.7. The molecule has 1 aliphatic carbocycles. The second kappa shape index (κ2) is 6.23. The molecule has 2 fully saturated rings. The number of carbonyl (C=O) groups excluding carboxylic acids is 1. The zero-order valence-corrected chi connectivity index (χ0v) is 14.1. The Morgan fingerprint density at radius 2 is 1.76 bits per heavy atom. The molecule has 0 bridgehead atoms. The summed E-state index contributed by atoms with van der Waals surface area (Å²) >= 11 is 0. The molecule has 1 saturated carbocycles. The Morgan fingerprint density at radius 3 is 2.24 bits per heavy atom. The first-order chi connectivity index (χ1) is 9.72. The van der Waals surface area contributed by atoms with E-state index in [-0.39, 0.29) is 23.3 Å². The predicted molar refractivity (Wildman–Crippen MR) is 82.0 cm³/mol. The molecule has 1 atom stereocenters. The first-order valence-electron chi connectivity index (χ1n) is 8.04. The van der Waals surface area contributed by atoms with Gasteiger partial charge in [-0.05, 0) is 47.6 Å². The quantitative estimate of drug-likeness (QED) is 0.865. The fourth-order valence-electron chi connectivity index (χ4n) is 3.21. The van der Waals surface area contributed by atoms with E-state index in [2.05, 4.69) is 10.2 Å². The molecule has 122 valence electrons. The van der Waals surface area contributed by atoms with Crippen LogP contribution in [0.3, 0.4) is 0 Å². The van der Waals surface area contributed by atoms with Crippen LogP contribution in [0.15, 0.2) is 0 Å². The number of amides is 1. The van der Waals surface area contributed by atoms with Crippen LogP contribution in [0.1, 0.15) is 53.4 Å². The molecule has 5 heteroatoms. The van der Waals surface area contributed by atoms with Gasteiger partial charge in [0.05, 0.1) is 19.3 Å². The van der Waals surface area contributed by atoms with E-state index < -0.39 is 0 Å². The number of nitrogens with one attached hydrogen (secondary N) is 1. The largest absolute Gasteiger partial charge is 0.350 e. The molecule has 0 aromatic carbocycles. The highest BCUT2D eigenvalue weighted by Crippen LogP contribution is 2.37. The fourth-order valence-corrected chi connectivity index (χ4v) is 3.21. The van der Waals surface area contributed by atoms with Crippen molar-refractivity contribution in [1.82, 2.24) is 10.2 Å². The van der Waals surface area contributed by atoms with Crippen molar-refractivity contribution in [1.29, 1.82) is 0 Å². The average molecular weight is 298 g/mol. The summed E-state index contributed by atoms with van der Waals surface area (Å²) in [7, 11) is 2.05. The van der Waals surface area contributed by atoms with Crippen molar-refractivity contribution in [2.45, 2.75) is 76.8 Å². The van der Waals surface area contributed by atoms with Gasteiger partial charge in [-0.15, -0.1) is 0 Å². The Morgan fingerprint density at radius 1 is 1.24 bits per heavy atom. The minimum Gasteiger partial charge on any atom is -0.350 e. The van der Waals surface area contributed by atoms with Crippen LogP contribution in [0.2, 0.25) is 0 Å². The maximum Gasteiger partial charge on any atom is 0.237 e. The van der Waals surface area contributed by atoms with Crippen LogP contribution in [0.5, 0.6) is 0 Å². The molecule has 1 heterocycles. The molecule has 5 nitrogen and oxygen atoms in total. The smallest absolute Gasteiger partial charge is 0.237 e. The van der Waals surface area contributed by atoms with Crippen LogP contribution in [-0.4, -0.2) is 54.5 Å². The number of hydrogen-bond donors (Lipinski definition) is 1. The summed E-state index contributed by atoms with van der Waals surface area (Å²) in [5.41, 5.74) is -0.186. The molecule has 1 spiro atoms. The van der Waals surface area contributed by atoms with Crippen molar-refractivity contribution in [2.24, 2.45) is 0 Å². The van der Waals surface area contributed by atoms with E-state index in [0.717, 1.165) is 25.7 Å². The van der Waals surface area contributed by atoms with Crippen LogP contribution in [-0.2, 0) is 14.3 Å². The third kappa shape index (κ3) is 4.18. The monoisotopic (exact) mass is 298 g/mol. The summed E-state index contributed by atoms with van der Waals surface area (Å²) in [5.74, 6) is -0.229. The van der Waals surface area contributed by atoms with E-state index >= 15 is 0 Å². The molecule has 0 aromatic rings. The molecule has 1 amide bonds. The molecule has 2 aliphatic rings. The van der Waals surface area contributed by atoms with Crippen LogP contribution in [0.4, 0.5) is 0 Å². The van der Waals surface area contributed by atoms with Gasteiger partial charge in [0.1, 0.15) is 0 Å². The van der Waals surface area contributed by atoms with E-state index in [1.54, 1.807) is 0 Å². The van der Waals surface area contributed by atoms with Crippen LogP contribution >= 0.6 is 0 Å². The molecular weight excluding hydrogens is 268 g/mol. The maximum atomic E-state index is 12.3. The molecule has 21 heavy (non-hydrogen) atoms. The number of ether oxygens (including phenoxy) is 2. The van der Waals surface area contributed by atoms with Gasteiger partial charge in [-0.25, -0.2) is 0 Å². The first-order valence-corrected chi connectivity index (χ1v) is 8.04. The number of nitrogens with zero attached hydrogens (tertiary/aromatic N) is 1. The van der Waals surface area contributed by atoms with Crippen molar-refractivity contribution in [3.8, 4) is 0 Å². The molecule has 2 rings (SSSR count). The summed E-state index contributed by atoms with van der Waals surface area (Å²) in [6.45, 7) is 9.44. The summed E-state index contributed by atoms with van der Waals surface area (Å²) in [4.78, 5) is 14.5. The van der Waals surface area contributed by atoms with Gasteiger partial charge in [-0.1, -0.05) is 0 Å². The lowest BCUT2D eigenvalue weighted by Crippen LogP contribution is -2.53. The van der Waals surface area contributed by atoms with E-state index in [9.17, 15) is 4.79 Å². The molecule has 1 N–H and O–H groups in total. The fraction of sp³-hybridized carbons (Fsp3) is 0.938. The summed E-state index contributed by atoms with van der Waals surface area (Å²) in [5, 5.41) is 3.06. The number of rotatable bonds is 3. The van der Waals surface area contributed by atoms with Gasteiger partial charge in [0.2, 0.25) is 5.91 Å². The second-order valence-corrected chi connectivity index (χ2v) is 7.42. The van der Waals surface area contributed by atoms with Gasteiger partial charge in [0, 0.05) is 24.4 Å². The van der Waals surface area contributed by atoms with Crippen molar-refractivity contribution >= 4 is 5.91 Å². The van der Waals surface area contributed by atoms with Gasteiger partial charge in [0.15, 0.2) is 5.79 Å². The van der Waals surface area contributed by atoms with Crippen LogP contribution < -0.4 is 5.32 Å². The minimum atomic E-state index is -0.325. The average Bonchev–Trinajstić information content (AvgIpc) is 2.84. The van der Waals surface area contributed by atoms with Crippen molar-refractivity contribution in [3.63, 3.8) is 0 Å². The van der Waals surface area contributed by atoms with Gasteiger partial charge >= 0.3 is 0 Å². The minimum absolute atomic E-state index is 0.0960. The van der Waals surface area contributed by atoms with E-state index in [0.29, 0.717) is 19.3 Å². The van der Waals surface area contributed by atoms with Crippen LogP contribution in [0.25, 0.3) is 0 Å². The van der Waals surface area contributed by atoms with Crippen molar-refractivity contribution < 1.29 is 14.3 Å². The van der Waals surface area contributed by atoms with Gasteiger partial charge in [0.25, 0.3) is 0 Å². The predicted octanol–water partition coefficient (Wildman–Crippen LogP) is 1.91. The third-order valence-corrected chi connectivity index (χ3v) is 4.59. The Kier molecular flexibility index (Phi) is 4.96. The van der Waals surface area contributed by atoms with Gasteiger partial charge in [-0.3, -0.25) is 9.69 Å². The Hall–Kier alpha value is -0.650. The lowest BCUT2D eigenvalue weighted by molar-refractivity contribution is -0.184. The molecule has 1 saturated heterocycles. The van der Waals surface area contributed by atoms with Gasteiger partial charge in [-0.2, -0.15) is 0 Å². The Balaban J connectivity index is 1.86. The zero-order valence-electron chi connectivity index (χ0n) is 14.1. The third-order valence-electron chi connectivity index (χ3n) is 4.59. The summed E-state index contributed by atoms with van der Waals surface area (Å²) < 4.78 is 11.5. The highest BCUT2D eigenvalue weighted by Gasteiger charge is 2.42. The summed E-state index contributed by atoms with van der Waals surface area (Å²) in [6, 6.07) is 0.304. The maximum absolute atomic E-state index is 12.3. The highest BCUT2D eigenvalue weighted by molar-refractivity contribution is 5.81. The van der Waals surface area contributed by atoms with Gasteiger partial charge < -0.3 is 14.8 Å². The molecule has 0 radical (unpaired) electrons. The number of carbonyl (C=O) groups is 1. The van der Waals surface area contributed by atoms with Crippen LogP contribution in [0, 0.1) is 0 Å². The van der Waals surface area contributed by atoms with Crippen molar-refractivity contribution in [2.75, 3.05) is 20.3 Å². The molecule has 1 unspecified atom stereocenters. The SMILES string of the molecule is CC(C(=O)NC(C)(C)C)N(C)C1CCC2(CC1)OCCO2.